The molecule has 2 fully saturated rings. The van der Waals surface area contributed by atoms with E-state index in [2.05, 4.69) is 9.80 Å². The SMILES string of the molecule is C1CCN(CCCN2CCCCC2)CC1. The fraction of sp³-hybridized carbons (Fsp3) is 1.00. The van der Waals surface area contributed by atoms with Crippen LogP contribution in [-0.4, -0.2) is 49.1 Å². The third-order valence-corrected chi connectivity index (χ3v) is 3.85. The molecule has 0 amide bonds. The van der Waals surface area contributed by atoms with Gasteiger partial charge in [-0.1, -0.05) is 12.8 Å². The molecule has 0 unspecified atom stereocenters. The van der Waals surface area contributed by atoms with Crippen LogP contribution in [0.15, 0.2) is 0 Å². The maximum atomic E-state index is 2.66. The maximum absolute atomic E-state index is 2.66. The van der Waals surface area contributed by atoms with Gasteiger partial charge in [-0.3, -0.25) is 0 Å². The van der Waals surface area contributed by atoms with E-state index in [0.29, 0.717) is 0 Å². The molecule has 0 aromatic heterocycles. The van der Waals surface area contributed by atoms with E-state index in [1.54, 1.807) is 0 Å². The molecule has 88 valence electrons. The summed E-state index contributed by atoms with van der Waals surface area (Å²) in [6.45, 7) is 8.13. The van der Waals surface area contributed by atoms with Gasteiger partial charge in [0.25, 0.3) is 0 Å². The van der Waals surface area contributed by atoms with Crippen LogP contribution in [0.4, 0.5) is 0 Å². The highest BCUT2D eigenvalue weighted by Gasteiger charge is 2.12. The van der Waals surface area contributed by atoms with Gasteiger partial charge in [-0.05, 0) is 71.4 Å². The van der Waals surface area contributed by atoms with E-state index >= 15 is 0 Å². The van der Waals surface area contributed by atoms with Crippen molar-refractivity contribution in [2.75, 3.05) is 39.3 Å². The zero-order valence-corrected chi connectivity index (χ0v) is 10.1. The molecule has 0 aromatic carbocycles. The number of nitrogens with zero attached hydrogens (tertiary/aromatic N) is 2. The second-order valence-electron chi connectivity index (χ2n) is 5.16. The van der Waals surface area contributed by atoms with Crippen molar-refractivity contribution in [3.05, 3.63) is 0 Å². The van der Waals surface area contributed by atoms with Crippen LogP contribution in [-0.2, 0) is 0 Å². The molecule has 0 aromatic rings. The fourth-order valence-corrected chi connectivity index (χ4v) is 2.88. The van der Waals surface area contributed by atoms with Crippen LogP contribution >= 0.6 is 0 Å². The van der Waals surface area contributed by atoms with Crippen molar-refractivity contribution in [2.24, 2.45) is 0 Å². The summed E-state index contributed by atoms with van der Waals surface area (Å²) in [6.07, 6.45) is 10.0. The molecule has 2 saturated heterocycles. The molecule has 0 atom stereocenters. The average Bonchev–Trinajstić information content (AvgIpc) is 2.32. The molecular formula is C13H26N2. The highest BCUT2D eigenvalue weighted by molar-refractivity contribution is 4.68. The molecule has 0 bridgehead atoms. The first-order chi connectivity index (χ1) is 7.45. The van der Waals surface area contributed by atoms with E-state index in [-0.39, 0.29) is 0 Å². The summed E-state index contributed by atoms with van der Waals surface area (Å²) < 4.78 is 0. The lowest BCUT2D eigenvalue weighted by Crippen LogP contribution is -2.35. The molecule has 2 heteroatoms. The first-order valence-corrected chi connectivity index (χ1v) is 6.90. The monoisotopic (exact) mass is 210 g/mol. The quantitative estimate of drug-likeness (QED) is 0.703. The number of piperidine rings is 2. The summed E-state index contributed by atoms with van der Waals surface area (Å²) in [5.41, 5.74) is 0. The minimum atomic E-state index is 1.34. The van der Waals surface area contributed by atoms with Gasteiger partial charge in [0.15, 0.2) is 0 Å². The summed E-state index contributed by atoms with van der Waals surface area (Å²) in [5, 5.41) is 0. The lowest BCUT2D eigenvalue weighted by atomic mass is 10.1. The normalized spacial score (nSPS) is 25.6. The van der Waals surface area contributed by atoms with Crippen LogP contribution in [0, 0.1) is 0 Å². The van der Waals surface area contributed by atoms with E-state index in [1.807, 2.05) is 0 Å². The van der Waals surface area contributed by atoms with Crippen molar-refractivity contribution in [3.63, 3.8) is 0 Å². The van der Waals surface area contributed by atoms with E-state index in [4.69, 9.17) is 0 Å². The van der Waals surface area contributed by atoms with E-state index < -0.39 is 0 Å². The lowest BCUT2D eigenvalue weighted by Gasteiger charge is -2.29. The van der Waals surface area contributed by atoms with Gasteiger partial charge in [-0.15, -0.1) is 0 Å². The Bertz CT molecular complexity index is 140. The van der Waals surface area contributed by atoms with Gasteiger partial charge in [-0.25, -0.2) is 0 Å². The number of hydrogen-bond acceptors (Lipinski definition) is 2. The van der Waals surface area contributed by atoms with Crippen molar-refractivity contribution in [3.8, 4) is 0 Å². The Morgan fingerprint density at radius 1 is 0.533 bits per heavy atom. The molecule has 0 spiro atoms. The van der Waals surface area contributed by atoms with Crippen LogP contribution in [0.2, 0.25) is 0 Å². The Balaban J connectivity index is 1.53. The summed E-state index contributed by atoms with van der Waals surface area (Å²) in [7, 11) is 0. The van der Waals surface area contributed by atoms with Gasteiger partial charge in [-0.2, -0.15) is 0 Å². The Morgan fingerprint density at radius 2 is 0.933 bits per heavy atom. The predicted molar refractivity (Wildman–Crippen MR) is 65.2 cm³/mol. The second-order valence-corrected chi connectivity index (χ2v) is 5.16. The molecule has 2 rings (SSSR count). The van der Waals surface area contributed by atoms with Crippen molar-refractivity contribution >= 4 is 0 Å². The molecule has 0 N–H and O–H groups in total. The lowest BCUT2D eigenvalue weighted by molar-refractivity contribution is 0.188. The number of hydrogen-bond donors (Lipinski definition) is 0. The van der Waals surface area contributed by atoms with E-state index in [1.165, 1.54) is 84.2 Å². The molecule has 2 heterocycles. The fourth-order valence-electron chi connectivity index (χ4n) is 2.88. The highest BCUT2D eigenvalue weighted by atomic mass is 15.1. The molecule has 0 radical (unpaired) electrons. The van der Waals surface area contributed by atoms with Gasteiger partial charge < -0.3 is 9.80 Å². The van der Waals surface area contributed by atoms with Crippen LogP contribution in [0.5, 0.6) is 0 Å². The van der Waals surface area contributed by atoms with Gasteiger partial charge in [0.2, 0.25) is 0 Å². The van der Waals surface area contributed by atoms with Crippen molar-refractivity contribution in [2.45, 2.75) is 44.9 Å². The van der Waals surface area contributed by atoms with Gasteiger partial charge in [0.05, 0.1) is 0 Å². The molecule has 2 aliphatic rings. The minimum Gasteiger partial charge on any atom is -0.303 e. The zero-order valence-electron chi connectivity index (χ0n) is 10.1. The Morgan fingerprint density at radius 3 is 1.33 bits per heavy atom. The highest BCUT2D eigenvalue weighted by Crippen LogP contribution is 2.11. The third kappa shape index (κ3) is 4.12. The summed E-state index contributed by atoms with van der Waals surface area (Å²) in [4.78, 5) is 5.32. The Labute approximate surface area is 94.6 Å². The summed E-state index contributed by atoms with van der Waals surface area (Å²) in [5.74, 6) is 0. The van der Waals surface area contributed by atoms with Crippen molar-refractivity contribution in [1.29, 1.82) is 0 Å². The number of likely N-dealkylation sites (tertiary alicyclic amines) is 2. The molecular weight excluding hydrogens is 184 g/mol. The Kier molecular flexibility index (Phi) is 4.94. The average molecular weight is 210 g/mol. The van der Waals surface area contributed by atoms with Crippen LogP contribution in [0.25, 0.3) is 0 Å². The maximum Gasteiger partial charge on any atom is -0.000655 e. The minimum absolute atomic E-state index is 1.34. The van der Waals surface area contributed by atoms with Crippen LogP contribution in [0.1, 0.15) is 44.9 Å². The van der Waals surface area contributed by atoms with E-state index in [0.717, 1.165) is 0 Å². The van der Waals surface area contributed by atoms with Gasteiger partial charge in [0.1, 0.15) is 0 Å². The first kappa shape index (κ1) is 11.4. The van der Waals surface area contributed by atoms with Gasteiger partial charge in [0, 0.05) is 0 Å². The zero-order chi connectivity index (χ0) is 10.3. The molecule has 2 aliphatic heterocycles. The standard InChI is InChI=1S/C13H26N2/c1-3-8-14(9-4-1)12-7-13-15-10-5-2-6-11-15/h1-13H2. The van der Waals surface area contributed by atoms with Crippen LogP contribution in [0.3, 0.4) is 0 Å². The molecule has 0 saturated carbocycles. The second kappa shape index (κ2) is 6.49. The Hall–Kier alpha value is -0.0800. The third-order valence-electron chi connectivity index (χ3n) is 3.85. The van der Waals surface area contributed by atoms with E-state index in [9.17, 15) is 0 Å². The molecule has 2 nitrogen and oxygen atoms in total. The van der Waals surface area contributed by atoms with Gasteiger partial charge >= 0.3 is 0 Å². The molecule has 15 heavy (non-hydrogen) atoms. The summed E-state index contributed by atoms with van der Waals surface area (Å²) in [6, 6.07) is 0. The topological polar surface area (TPSA) is 6.48 Å². The van der Waals surface area contributed by atoms with Crippen molar-refractivity contribution in [1.82, 2.24) is 9.80 Å². The van der Waals surface area contributed by atoms with Crippen LogP contribution < -0.4 is 0 Å². The number of rotatable bonds is 4. The smallest absolute Gasteiger partial charge is 0.000655 e. The predicted octanol–water partition coefficient (Wildman–Crippen LogP) is 2.35. The molecule has 0 aliphatic carbocycles. The first-order valence-electron chi connectivity index (χ1n) is 6.90. The largest absolute Gasteiger partial charge is 0.303 e. The summed E-state index contributed by atoms with van der Waals surface area (Å²) >= 11 is 0. The van der Waals surface area contributed by atoms with Crippen molar-refractivity contribution < 1.29 is 0 Å².